The van der Waals surface area contributed by atoms with Crippen LogP contribution in [-0.4, -0.2) is 26.5 Å². The Morgan fingerprint density at radius 2 is 2.32 bits per heavy atom. The van der Waals surface area contributed by atoms with Crippen LogP contribution in [0.2, 0.25) is 5.02 Å². The number of carbonyl (C=O) groups is 1. The van der Waals surface area contributed by atoms with Gasteiger partial charge in [-0.15, -0.1) is 10.2 Å². The number of benzene rings is 1. The first-order chi connectivity index (χ1) is 10.5. The van der Waals surface area contributed by atoms with E-state index in [1.807, 2.05) is 6.07 Å². The number of H-pyrrole nitrogens is 1. The summed E-state index contributed by atoms with van der Waals surface area (Å²) in [5.74, 6) is -1.06. The molecule has 0 unspecified atom stereocenters. The number of halogens is 2. The van der Waals surface area contributed by atoms with Gasteiger partial charge in [0.05, 0.1) is 10.7 Å². The highest BCUT2D eigenvalue weighted by Crippen LogP contribution is 2.29. The summed E-state index contributed by atoms with van der Waals surface area (Å²) in [5.41, 5.74) is 0.270. The van der Waals surface area contributed by atoms with Gasteiger partial charge in [-0.25, -0.2) is 4.39 Å². The van der Waals surface area contributed by atoms with Gasteiger partial charge < -0.3 is 10.6 Å². The van der Waals surface area contributed by atoms with Gasteiger partial charge in [0.25, 0.3) is 0 Å². The van der Waals surface area contributed by atoms with Crippen LogP contribution < -0.4 is 10.6 Å². The summed E-state index contributed by atoms with van der Waals surface area (Å²) in [7, 11) is 0. The summed E-state index contributed by atoms with van der Waals surface area (Å²) in [5, 5.41) is 26.9. The molecule has 0 saturated carbocycles. The highest BCUT2D eigenvalue weighted by Gasteiger charge is 2.11. The second-order valence-corrected chi connectivity index (χ2v) is 4.45. The third-order valence-corrected chi connectivity index (χ3v) is 2.73. The van der Waals surface area contributed by atoms with Crippen LogP contribution in [0.5, 0.6) is 0 Å². The van der Waals surface area contributed by atoms with Crippen LogP contribution in [0, 0.1) is 17.1 Å². The molecule has 112 valence electrons. The minimum absolute atomic E-state index is 0.0177. The highest BCUT2D eigenvalue weighted by molar-refractivity contribution is 6.34. The van der Waals surface area contributed by atoms with Gasteiger partial charge in [-0.1, -0.05) is 11.6 Å². The second-order valence-electron chi connectivity index (χ2n) is 4.05. The molecule has 8 nitrogen and oxygen atoms in total. The van der Waals surface area contributed by atoms with Crippen molar-refractivity contribution in [3.05, 3.63) is 35.0 Å². The standard InChI is InChI=1S/C12H9ClFN7O/c1-6(22)17-11-9(13)2-8(3-10(11)14)16-5-7(4-15)12-18-20-21-19-12/h2-3,5,16H,1H3,(H,17,22)(H,18,19,20,21). The zero-order valence-electron chi connectivity index (χ0n) is 11.2. The number of allylic oxidation sites excluding steroid dienone is 1. The lowest BCUT2D eigenvalue weighted by Gasteiger charge is -2.09. The SMILES string of the molecule is CC(=O)Nc1c(F)cc(NC=C(C#N)c2nn[nH]n2)cc1Cl. The Morgan fingerprint density at radius 1 is 1.55 bits per heavy atom. The maximum atomic E-state index is 13.9. The Balaban J connectivity index is 2.24. The van der Waals surface area contributed by atoms with Crippen molar-refractivity contribution < 1.29 is 9.18 Å². The highest BCUT2D eigenvalue weighted by atomic mass is 35.5. The maximum Gasteiger partial charge on any atom is 0.221 e. The number of nitrogens with one attached hydrogen (secondary N) is 3. The number of hydrogen-bond donors (Lipinski definition) is 3. The van der Waals surface area contributed by atoms with Crippen LogP contribution in [0.1, 0.15) is 12.7 Å². The molecule has 0 fully saturated rings. The van der Waals surface area contributed by atoms with Crippen molar-refractivity contribution in [3.8, 4) is 6.07 Å². The summed E-state index contributed by atoms with van der Waals surface area (Å²) < 4.78 is 13.9. The molecule has 0 aliphatic heterocycles. The molecule has 22 heavy (non-hydrogen) atoms. The Hall–Kier alpha value is -2.99. The summed E-state index contributed by atoms with van der Waals surface area (Å²) in [6.07, 6.45) is 1.29. The van der Waals surface area contributed by atoms with E-state index in [2.05, 4.69) is 31.3 Å². The molecule has 10 heteroatoms. The van der Waals surface area contributed by atoms with Crippen LogP contribution >= 0.6 is 11.6 Å². The number of amides is 1. The fourth-order valence-corrected chi connectivity index (χ4v) is 1.79. The van der Waals surface area contributed by atoms with Crippen molar-refractivity contribution in [1.29, 1.82) is 5.26 Å². The first kappa shape index (κ1) is 15.4. The van der Waals surface area contributed by atoms with Crippen LogP contribution in [0.4, 0.5) is 15.8 Å². The van der Waals surface area contributed by atoms with E-state index < -0.39 is 11.7 Å². The zero-order chi connectivity index (χ0) is 16.1. The van der Waals surface area contributed by atoms with Gasteiger partial charge in [0, 0.05) is 18.8 Å². The van der Waals surface area contributed by atoms with Crippen LogP contribution in [0.15, 0.2) is 18.3 Å². The number of tetrazole rings is 1. The van der Waals surface area contributed by atoms with Crippen molar-refractivity contribution in [2.45, 2.75) is 6.92 Å². The molecular weight excluding hydrogens is 313 g/mol. The van der Waals surface area contributed by atoms with Gasteiger partial charge in [-0.2, -0.15) is 10.5 Å². The number of aromatic amines is 1. The van der Waals surface area contributed by atoms with Crippen LogP contribution in [0.3, 0.4) is 0 Å². The monoisotopic (exact) mass is 321 g/mol. The molecular formula is C12H9ClFN7O. The quantitative estimate of drug-likeness (QED) is 0.740. The molecule has 2 rings (SSSR count). The van der Waals surface area contributed by atoms with Crippen molar-refractivity contribution in [2.75, 3.05) is 10.6 Å². The summed E-state index contributed by atoms with van der Waals surface area (Å²) in [6.45, 7) is 1.24. The Morgan fingerprint density at radius 3 is 2.86 bits per heavy atom. The van der Waals surface area contributed by atoms with E-state index in [0.717, 1.165) is 6.07 Å². The number of hydrogen-bond acceptors (Lipinski definition) is 6. The van der Waals surface area contributed by atoms with E-state index in [1.54, 1.807) is 0 Å². The number of aromatic nitrogens is 4. The average molecular weight is 322 g/mol. The molecule has 0 aliphatic rings. The van der Waals surface area contributed by atoms with Crippen molar-refractivity contribution in [1.82, 2.24) is 20.6 Å². The topological polar surface area (TPSA) is 119 Å². The lowest BCUT2D eigenvalue weighted by Crippen LogP contribution is -2.08. The van der Waals surface area contributed by atoms with E-state index in [-0.39, 0.29) is 27.8 Å². The number of carbonyl (C=O) groups excluding carboxylic acids is 1. The number of anilines is 2. The molecule has 0 aliphatic carbocycles. The molecule has 0 radical (unpaired) electrons. The molecule has 0 saturated heterocycles. The fourth-order valence-electron chi connectivity index (χ4n) is 1.53. The van der Waals surface area contributed by atoms with E-state index in [1.165, 1.54) is 19.2 Å². The lowest BCUT2D eigenvalue weighted by molar-refractivity contribution is -0.114. The van der Waals surface area contributed by atoms with Gasteiger partial charge in [0.1, 0.15) is 17.5 Å². The van der Waals surface area contributed by atoms with E-state index in [0.29, 0.717) is 0 Å². The van der Waals surface area contributed by atoms with Gasteiger partial charge in [-0.05, 0) is 17.3 Å². The normalized spacial score (nSPS) is 10.9. The Bertz CT molecular complexity index is 743. The minimum Gasteiger partial charge on any atom is -0.360 e. The molecule has 3 N–H and O–H groups in total. The van der Waals surface area contributed by atoms with Crippen molar-refractivity contribution >= 4 is 34.5 Å². The first-order valence-electron chi connectivity index (χ1n) is 5.88. The summed E-state index contributed by atoms with van der Waals surface area (Å²) >= 11 is 5.91. The van der Waals surface area contributed by atoms with E-state index in [9.17, 15) is 9.18 Å². The fraction of sp³-hybridized carbons (Fsp3) is 0.0833. The number of nitrogens with zero attached hydrogens (tertiary/aromatic N) is 4. The predicted molar refractivity (Wildman–Crippen MR) is 77.1 cm³/mol. The van der Waals surface area contributed by atoms with Crippen LogP contribution in [0.25, 0.3) is 5.57 Å². The minimum atomic E-state index is -0.711. The number of nitriles is 1. The van der Waals surface area contributed by atoms with Gasteiger partial charge >= 0.3 is 0 Å². The van der Waals surface area contributed by atoms with E-state index >= 15 is 0 Å². The van der Waals surface area contributed by atoms with E-state index in [4.69, 9.17) is 16.9 Å². The molecule has 0 spiro atoms. The summed E-state index contributed by atoms with van der Waals surface area (Å²) in [6, 6.07) is 4.40. The zero-order valence-corrected chi connectivity index (χ0v) is 11.9. The predicted octanol–water partition coefficient (Wildman–Crippen LogP) is 1.93. The maximum absolute atomic E-state index is 13.9. The molecule has 0 bridgehead atoms. The van der Waals surface area contributed by atoms with Gasteiger partial charge in [0.2, 0.25) is 11.7 Å². The third-order valence-electron chi connectivity index (χ3n) is 2.43. The smallest absolute Gasteiger partial charge is 0.221 e. The molecule has 2 aromatic rings. The van der Waals surface area contributed by atoms with Crippen molar-refractivity contribution in [3.63, 3.8) is 0 Å². The van der Waals surface area contributed by atoms with Gasteiger partial charge in [0.15, 0.2) is 0 Å². The van der Waals surface area contributed by atoms with Crippen molar-refractivity contribution in [2.24, 2.45) is 0 Å². The molecule has 1 aromatic carbocycles. The Kier molecular flexibility index (Phi) is 4.65. The molecule has 1 amide bonds. The summed E-state index contributed by atoms with van der Waals surface area (Å²) in [4.78, 5) is 11.0. The molecule has 0 atom stereocenters. The largest absolute Gasteiger partial charge is 0.360 e. The average Bonchev–Trinajstić information content (AvgIpc) is 2.97. The second kappa shape index (κ2) is 6.64. The van der Waals surface area contributed by atoms with Crippen LogP contribution in [-0.2, 0) is 4.79 Å². The third kappa shape index (κ3) is 3.56. The van der Waals surface area contributed by atoms with Gasteiger partial charge in [-0.3, -0.25) is 4.79 Å². The first-order valence-corrected chi connectivity index (χ1v) is 6.26. The molecule has 1 aromatic heterocycles. The number of rotatable bonds is 4. The lowest BCUT2D eigenvalue weighted by atomic mass is 10.2. The Labute approximate surface area is 129 Å². The molecule has 1 heterocycles.